The molecule has 9 nitrogen and oxygen atoms in total. The van der Waals surface area contributed by atoms with E-state index in [2.05, 4.69) is 19.9 Å². The van der Waals surface area contributed by atoms with Gasteiger partial charge in [0.1, 0.15) is 0 Å². The van der Waals surface area contributed by atoms with E-state index in [0.717, 1.165) is 11.3 Å². The van der Waals surface area contributed by atoms with Gasteiger partial charge in [-0.2, -0.15) is 0 Å². The molecule has 9 heteroatoms. The number of urea groups is 1. The number of piperidine rings is 1. The first kappa shape index (κ1) is 24.8. The maximum absolute atomic E-state index is 15.0. The predicted molar refractivity (Wildman–Crippen MR) is 148 cm³/mol. The van der Waals surface area contributed by atoms with Crippen molar-refractivity contribution in [1.82, 2.24) is 24.3 Å². The lowest BCUT2D eigenvalue weighted by molar-refractivity contribution is -0.129. The van der Waals surface area contributed by atoms with Crippen molar-refractivity contribution in [3.8, 4) is 0 Å². The Morgan fingerprint density at radius 1 is 0.821 bits per heavy atom. The number of amides is 3. The fourth-order valence-electron chi connectivity index (χ4n) is 5.92. The zero-order chi connectivity index (χ0) is 27.0. The molecule has 0 aliphatic carbocycles. The highest BCUT2D eigenvalue weighted by Gasteiger charge is 2.72. The zero-order valence-corrected chi connectivity index (χ0v) is 21.7. The van der Waals surface area contributed by atoms with Crippen molar-refractivity contribution >= 4 is 29.3 Å². The van der Waals surface area contributed by atoms with Gasteiger partial charge in [-0.05, 0) is 31.4 Å². The maximum Gasteiger partial charge on any atom is 0.445 e. The summed E-state index contributed by atoms with van der Waals surface area (Å²) in [5.41, 5.74) is 1.61. The second-order valence-electron chi connectivity index (χ2n) is 10.1. The van der Waals surface area contributed by atoms with E-state index in [1.54, 1.807) is 30.5 Å². The van der Waals surface area contributed by atoms with Crippen LogP contribution in [0.5, 0.6) is 0 Å². The number of aromatic amines is 1. The van der Waals surface area contributed by atoms with Crippen LogP contribution in [0.4, 0.5) is 22.1 Å². The number of nitrogens with one attached hydrogen (secondary N) is 1. The lowest BCUT2D eigenvalue weighted by atomic mass is 9.85. The first-order valence-electron chi connectivity index (χ1n) is 13.0. The number of carbonyl (C=O) groups is 2. The Morgan fingerprint density at radius 3 is 2.05 bits per heavy atom. The van der Waals surface area contributed by atoms with Crippen molar-refractivity contribution in [3.05, 3.63) is 113 Å². The Morgan fingerprint density at radius 2 is 1.46 bits per heavy atom. The van der Waals surface area contributed by atoms with Gasteiger partial charge in [0, 0.05) is 62.4 Å². The standard InChI is InChI=1S/C30H28N6O3/c1-22-9-8-17-31-25(22)21-34-19-15-30(16-20-34)27(38)36(23-10-4-2-5-11-23,24-12-6-3-7-13-24)29(39)35(30)28-32-18-14-26(37)33-28/h2-14,17-18H,15-16,19-21H2,1H3/p+1. The lowest BCUT2D eigenvalue weighted by Gasteiger charge is -2.39. The van der Waals surface area contributed by atoms with Gasteiger partial charge < -0.3 is 0 Å². The molecule has 2 aromatic heterocycles. The van der Waals surface area contributed by atoms with Crippen molar-refractivity contribution in [1.29, 1.82) is 0 Å². The SMILES string of the molecule is Cc1cccnc1CN1CCC2(CC1)C(=O)[N+](c1ccccc1)(c1ccccc1)C(=O)N2c1nccc(=O)[nH]1. The molecule has 1 N–H and O–H groups in total. The number of likely N-dealkylation sites (tertiary alicyclic amines) is 1. The molecule has 2 aliphatic heterocycles. The van der Waals surface area contributed by atoms with E-state index in [1.807, 2.05) is 55.5 Å². The number of para-hydroxylation sites is 2. The van der Waals surface area contributed by atoms with Gasteiger partial charge in [0.25, 0.3) is 5.56 Å². The third-order valence-corrected chi connectivity index (χ3v) is 7.94. The van der Waals surface area contributed by atoms with E-state index in [-0.39, 0.29) is 17.4 Å². The Balaban J connectivity index is 1.48. The molecule has 196 valence electrons. The van der Waals surface area contributed by atoms with Crippen molar-refractivity contribution in [3.63, 3.8) is 0 Å². The van der Waals surface area contributed by atoms with Crippen LogP contribution in [0.25, 0.3) is 0 Å². The quantitative estimate of drug-likeness (QED) is 0.310. The van der Waals surface area contributed by atoms with Gasteiger partial charge >= 0.3 is 11.9 Å². The molecule has 6 rings (SSSR count). The zero-order valence-electron chi connectivity index (χ0n) is 21.7. The van der Waals surface area contributed by atoms with Gasteiger partial charge in [0.15, 0.2) is 16.9 Å². The summed E-state index contributed by atoms with van der Waals surface area (Å²) in [6.45, 7) is 3.85. The molecule has 0 atom stereocenters. The molecule has 2 fully saturated rings. The van der Waals surface area contributed by atoms with E-state index in [4.69, 9.17) is 0 Å². The van der Waals surface area contributed by atoms with Crippen LogP contribution in [0.1, 0.15) is 24.1 Å². The number of rotatable bonds is 5. The summed E-state index contributed by atoms with van der Waals surface area (Å²) in [4.78, 5) is 57.4. The van der Waals surface area contributed by atoms with Crippen LogP contribution in [0.2, 0.25) is 0 Å². The average molecular weight is 522 g/mol. The van der Waals surface area contributed by atoms with Gasteiger partial charge in [0.05, 0.1) is 5.69 Å². The number of imide groups is 1. The molecule has 0 bridgehead atoms. The number of H-pyrrole nitrogens is 1. The van der Waals surface area contributed by atoms with Crippen LogP contribution >= 0.6 is 0 Å². The highest BCUT2D eigenvalue weighted by molar-refractivity contribution is 6.29. The maximum atomic E-state index is 15.0. The fourth-order valence-corrected chi connectivity index (χ4v) is 5.92. The summed E-state index contributed by atoms with van der Waals surface area (Å²) in [5.74, 6) is -0.160. The Kier molecular flexibility index (Phi) is 6.17. The second-order valence-corrected chi connectivity index (χ2v) is 10.1. The third-order valence-electron chi connectivity index (χ3n) is 7.94. The Hall–Kier alpha value is -4.47. The fraction of sp³-hybridized carbons (Fsp3) is 0.233. The Labute approximate surface area is 226 Å². The molecular formula is C30H29N6O3+. The summed E-state index contributed by atoms with van der Waals surface area (Å²) in [5, 5.41) is 0. The van der Waals surface area contributed by atoms with E-state index >= 15 is 0 Å². The first-order valence-corrected chi connectivity index (χ1v) is 13.0. The molecule has 0 radical (unpaired) electrons. The van der Waals surface area contributed by atoms with Crippen molar-refractivity contribution < 1.29 is 9.59 Å². The van der Waals surface area contributed by atoms with E-state index in [9.17, 15) is 14.4 Å². The number of hydrogen-bond acceptors (Lipinski definition) is 6. The molecule has 0 unspecified atom stereocenters. The van der Waals surface area contributed by atoms with Crippen LogP contribution in [0.3, 0.4) is 0 Å². The van der Waals surface area contributed by atoms with Crippen LogP contribution in [0.15, 0.2) is 96.1 Å². The second kappa shape index (κ2) is 9.68. The van der Waals surface area contributed by atoms with Crippen LogP contribution in [-0.2, 0) is 11.3 Å². The number of carbonyl (C=O) groups excluding carboxylic acids is 2. The molecule has 4 heterocycles. The predicted octanol–water partition coefficient (Wildman–Crippen LogP) is 4.31. The number of benzene rings is 2. The molecule has 3 amide bonds. The molecule has 0 saturated carbocycles. The van der Waals surface area contributed by atoms with Crippen molar-refractivity contribution in [2.45, 2.75) is 31.8 Å². The molecule has 2 aliphatic rings. The van der Waals surface area contributed by atoms with Crippen LogP contribution in [-0.4, -0.2) is 50.4 Å². The van der Waals surface area contributed by atoms with Gasteiger partial charge in [0.2, 0.25) is 5.95 Å². The van der Waals surface area contributed by atoms with Crippen molar-refractivity contribution in [2.75, 3.05) is 18.0 Å². The smallest absolute Gasteiger partial charge is 0.297 e. The molecule has 1 spiro atoms. The van der Waals surface area contributed by atoms with E-state index in [1.165, 1.54) is 17.2 Å². The topological polar surface area (TPSA) is 99.3 Å². The number of pyridine rings is 1. The number of quaternary nitrogens is 1. The summed E-state index contributed by atoms with van der Waals surface area (Å²) in [6.07, 6.45) is 3.94. The van der Waals surface area contributed by atoms with Crippen molar-refractivity contribution in [2.24, 2.45) is 0 Å². The summed E-state index contributed by atoms with van der Waals surface area (Å²) >= 11 is 0. The number of anilines is 1. The lowest BCUT2D eigenvalue weighted by Crippen LogP contribution is -2.58. The Bertz CT molecular complexity index is 1540. The average Bonchev–Trinajstić information content (AvgIpc) is 3.15. The minimum Gasteiger partial charge on any atom is -0.297 e. The van der Waals surface area contributed by atoms with E-state index < -0.39 is 16.1 Å². The molecule has 2 saturated heterocycles. The summed E-state index contributed by atoms with van der Waals surface area (Å²) in [6, 6.07) is 23.1. The highest BCUT2D eigenvalue weighted by Crippen LogP contribution is 2.50. The van der Waals surface area contributed by atoms with Crippen LogP contribution < -0.4 is 14.9 Å². The number of aryl methyl sites for hydroxylation is 1. The van der Waals surface area contributed by atoms with Gasteiger partial charge in [-0.1, -0.05) is 42.5 Å². The van der Waals surface area contributed by atoms with Gasteiger partial charge in [-0.15, -0.1) is 4.48 Å². The number of aromatic nitrogens is 3. The molecule has 39 heavy (non-hydrogen) atoms. The summed E-state index contributed by atoms with van der Waals surface area (Å²) in [7, 11) is 0. The normalized spacial score (nSPS) is 18.5. The van der Waals surface area contributed by atoms with Crippen LogP contribution in [0, 0.1) is 6.92 Å². The molecular weight excluding hydrogens is 492 g/mol. The first-order chi connectivity index (χ1) is 19.0. The molecule has 2 aromatic carbocycles. The summed E-state index contributed by atoms with van der Waals surface area (Å²) < 4.78 is -0.611. The highest BCUT2D eigenvalue weighted by atomic mass is 16.2. The monoisotopic (exact) mass is 521 g/mol. The third kappa shape index (κ3) is 3.89. The number of nitrogens with zero attached hydrogens (tertiary/aromatic N) is 5. The van der Waals surface area contributed by atoms with Gasteiger partial charge in [-0.25, -0.2) is 19.5 Å². The largest absolute Gasteiger partial charge is 0.445 e. The minimum atomic E-state index is -1.20. The van der Waals surface area contributed by atoms with Gasteiger partial charge in [-0.3, -0.25) is 19.7 Å². The molecule has 4 aromatic rings. The number of hydrogen-bond donors (Lipinski definition) is 1. The minimum absolute atomic E-state index is 0.0849. The van der Waals surface area contributed by atoms with E-state index in [0.29, 0.717) is 43.9 Å².